The fourth-order valence-electron chi connectivity index (χ4n) is 3.45. The second-order valence-electron chi connectivity index (χ2n) is 7.39. The van der Waals surface area contributed by atoms with Gasteiger partial charge in [0.15, 0.2) is 0 Å². The predicted molar refractivity (Wildman–Crippen MR) is 97.0 cm³/mol. The first kappa shape index (κ1) is 18.5. The van der Waals surface area contributed by atoms with Gasteiger partial charge in [-0.05, 0) is 23.5 Å². The molecule has 3 amide bonds. The highest BCUT2D eigenvalue weighted by Crippen LogP contribution is 2.29. The van der Waals surface area contributed by atoms with Crippen molar-refractivity contribution in [3.8, 4) is 0 Å². The molecule has 0 saturated carbocycles. The van der Waals surface area contributed by atoms with E-state index in [1.165, 1.54) is 0 Å². The molecule has 4 N–H and O–H groups in total. The van der Waals surface area contributed by atoms with Crippen LogP contribution in [-0.2, 0) is 22.7 Å². The van der Waals surface area contributed by atoms with Crippen LogP contribution in [0, 0.1) is 5.92 Å². The smallest absolute Gasteiger partial charge is 0.255 e. The van der Waals surface area contributed by atoms with Gasteiger partial charge in [-0.3, -0.25) is 19.7 Å². The Morgan fingerprint density at radius 3 is 2.77 bits per heavy atom. The lowest BCUT2D eigenvalue weighted by Crippen LogP contribution is -2.52. The number of fused-ring (bicyclic) bond motifs is 1. The summed E-state index contributed by atoms with van der Waals surface area (Å²) >= 11 is 0. The van der Waals surface area contributed by atoms with E-state index in [1.807, 2.05) is 18.2 Å². The topological polar surface area (TPSA) is 105 Å². The van der Waals surface area contributed by atoms with Crippen molar-refractivity contribution in [3.05, 3.63) is 34.9 Å². The minimum atomic E-state index is -0.581. The second kappa shape index (κ2) is 7.55. The summed E-state index contributed by atoms with van der Waals surface area (Å²) < 4.78 is 0. The van der Waals surface area contributed by atoms with Gasteiger partial charge < -0.3 is 16.0 Å². The monoisotopic (exact) mass is 358 g/mol. The number of nitrogens with one attached hydrogen (secondary N) is 2. The maximum atomic E-state index is 13.0. The van der Waals surface area contributed by atoms with E-state index in [4.69, 9.17) is 5.73 Å². The SMILES string of the molecule is CC(C)C(N)CNCc1cccc2c1C(=O)N(C1CCC(=O)NC1=O)C2. The number of nitrogens with zero attached hydrogens (tertiary/aromatic N) is 1. The fraction of sp³-hybridized carbons (Fsp3) is 0.526. The number of imide groups is 1. The van der Waals surface area contributed by atoms with Crippen LogP contribution < -0.4 is 16.4 Å². The summed E-state index contributed by atoms with van der Waals surface area (Å²) in [4.78, 5) is 38.0. The lowest BCUT2D eigenvalue weighted by Gasteiger charge is -2.29. The van der Waals surface area contributed by atoms with Gasteiger partial charge >= 0.3 is 0 Å². The van der Waals surface area contributed by atoms with E-state index in [1.54, 1.807) is 4.90 Å². The van der Waals surface area contributed by atoms with E-state index in [0.717, 1.165) is 11.1 Å². The zero-order valence-corrected chi connectivity index (χ0v) is 15.2. The number of piperidine rings is 1. The first-order valence-corrected chi connectivity index (χ1v) is 9.10. The highest BCUT2D eigenvalue weighted by Gasteiger charge is 2.39. The number of amides is 3. The van der Waals surface area contributed by atoms with E-state index in [-0.39, 0.29) is 30.2 Å². The van der Waals surface area contributed by atoms with Crippen LogP contribution in [0.1, 0.15) is 48.2 Å². The molecule has 1 aromatic carbocycles. The molecular formula is C19H26N4O3. The summed E-state index contributed by atoms with van der Waals surface area (Å²) in [5, 5.41) is 5.65. The summed E-state index contributed by atoms with van der Waals surface area (Å²) in [5.74, 6) is -0.416. The number of nitrogens with two attached hydrogens (primary N) is 1. The third-order valence-electron chi connectivity index (χ3n) is 5.19. The molecule has 3 rings (SSSR count). The molecule has 0 spiro atoms. The molecule has 1 saturated heterocycles. The Morgan fingerprint density at radius 1 is 1.31 bits per heavy atom. The maximum Gasteiger partial charge on any atom is 0.255 e. The summed E-state index contributed by atoms with van der Waals surface area (Å²) in [6, 6.07) is 5.26. The average Bonchev–Trinajstić information content (AvgIpc) is 2.92. The van der Waals surface area contributed by atoms with Gasteiger partial charge in [-0.1, -0.05) is 32.0 Å². The summed E-state index contributed by atoms with van der Waals surface area (Å²) in [5.41, 5.74) is 8.56. The summed E-state index contributed by atoms with van der Waals surface area (Å²) in [6.07, 6.45) is 0.638. The van der Waals surface area contributed by atoms with Gasteiger partial charge in [0.05, 0.1) is 0 Å². The first-order chi connectivity index (χ1) is 12.4. The van der Waals surface area contributed by atoms with Crippen LogP contribution in [0.5, 0.6) is 0 Å². The van der Waals surface area contributed by atoms with Crippen molar-refractivity contribution < 1.29 is 14.4 Å². The normalized spacial score (nSPS) is 21.2. The molecule has 1 fully saturated rings. The molecule has 0 aliphatic carbocycles. The molecule has 7 nitrogen and oxygen atoms in total. The molecule has 1 aromatic rings. The molecular weight excluding hydrogens is 332 g/mol. The van der Waals surface area contributed by atoms with Crippen LogP contribution in [0.3, 0.4) is 0 Å². The zero-order valence-electron chi connectivity index (χ0n) is 15.2. The molecule has 7 heteroatoms. The first-order valence-electron chi connectivity index (χ1n) is 9.10. The van der Waals surface area contributed by atoms with E-state index in [2.05, 4.69) is 24.5 Å². The Kier molecular flexibility index (Phi) is 5.38. The number of carbonyl (C=O) groups excluding carboxylic acids is 3. The lowest BCUT2D eigenvalue weighted by atomic mass is 10.0. The maximum absolute atomic E-state index is 13.0. The van der Waals surface area contributed by atoms with E-state index in [9.17, 15) is 14.4 Å². The van der Waals surface area contributed by atoms with Crippen molar-refractivity contribution in [2.45, 2.75) is 51.9 Å². The van der Waals surface area contributed by atoms with Crippen molar-refractivity contribution in [2.24, 2.45) is 11.7 Å². The summed E-state index contributed by atoms with van der Waals surface area (Å²) in [6.45, 7) is 5.78. The highest BCUT2D eigenvalue weighted by atomic mass is 16.2. The third kappa shape index (κ3) is 3.64. The van der Waals surface area contributed by atoms with Crippen molar-refractivity contribution >= 4 is 17.7 Å². The van der Waals surface area contributed by atoms with Crippen LogP contribution in [-0.4, -0.2) is 41.2 Å². The molecule has 2 aliphatic rings. The van der Waals surface area contributed by atoms with Crippen LogP contribution in [0.25, 0.3) is 0 Å². The molecule has 2 aliphatic heterocycles. The Hall–Kier alpha value is -2.25. The van der Waals surface area contributed by atoms with Crippen molar-refractivity contribution in [1.29, 1.82) is 0 Å². The Bertz CT molecular complexity index is 731. The molecule has 0 bridgehead atoms. The van der Waals surface area contributed by atoms with E-state index in [0.29, 0.717) is 37.5 Å². The number of rotatable bonds is 6. The predicted octanol–water partition coefficient (Wildman–Crippen LogP) is 0.521. The van der Waals surface area contributed by atoms with Crippen molar-refractivity contribution in [1.82, 2.24) is 15.5 Å². The number of benzene rings is 1. The number of hydrogen-bond donors (Lipinski definition) is 3. The molecule has 2 heterocycles. The van der Waals surface area contributed by atoms with Gasteiger partial charge in [0.1, 0.15) is 6.04 Å². The Labute approximate surface area is 153 Å². The van der Waals surface area contributed by atoms with Crippen molar-refractivity contribution in [2.75, 3.05) is 6.54 Å². The van der Waals surface area contributed by atoms with Crippen LogP contribution in [0.2, 0.25) is 0 Å². The average molecular weight is 358 g/mol. The van der Waals surface area contributed by atoms with Gasteiger partial charge in [-0.15, -0.1) is 0 Å². The molecule has 2 unspecified atom stereocenters. The van der Waals surface area contributed by atoms with Gasteiger partial charge in [-0.2, -0.15) is 0 Å². The largest absolute Gasteiger partial charge is 0.326 e. The van der Waals surface area contributed by atoms with Crippen LogP contribution in [0.4, 0.5) is 0 Å². The minimum absolute atomic E-state index is 0.0578. The highest BCUT2D eigenvalue weighted by molar-refractivity contribution is 6.05. The Balaban J connectivity index is 1.72. The molecule has 26 heavy (non-hydrogen) atoms. The van der Waals surface area contributed by atoms with E-state index >= 15 is 0 Å². The lowest BCUT2D eigenvalue weighted by molar-refractivity contribution is -0.136. The molecule has 0 radical (unpaired) electrons. The standard InChI is InChI=1S/C19H26N4O3/c1-11(2)14(20)9-21-8-12-4-3-5-13-10-23(19(26)17(12)13)15-6-7-16(24)22-18(15)25/h3-5,11,14-15,21H,6-10,20H2,1-2H3,(H,22,24,25). The van der Waals surface area contributed by atoms with Gasteiger partial charge in [-0.25, -0.2) is 0 Å². The Morgan fingerprint density at radius 2 is 2.08 bits per heavy atom. The number of hydrogen-bond acceptors (Lipinski definition) is 5. The molecule has 0 aromatic heterocycles. The van der Waals surface area contributed by atoms with Crippen LogP contribution >= 0.6 is 0 Å². The minimum Gasteiger partial charge on any atom is -0.326 e. The molecule has 2 atom stereocenters. The zero-order chi connectivity index (χ0) is 18.8. The van der Waals surface area contributed by atoms with Gasteiger partial charge in [0.25, 0.3) is 5.91 Å². The molecule has 140 valence electrons. The van der Waals surface area contributed by atoms with E-state index < -0.39 is 6.04 Å². The van der Waals surface area contributed by atoms with Crippen molar-refractivity contribution in [3.63, 3.8) is 0 Å². The van der Waals surface area contributed by atoms with Gasteiger partial charge in [0, 0.05) is 37.7 Å². The third-order valence-corrected chi connectivity index (χ3v) is 5.19. The summed E-state index contributed by atoms with van der Waals surface area (Å²) in [7, 11) is 0. The second-order valence-corrected chi connectivity index (χ2v) is 7.39. The number of carbonyl (C=O) groups is 3. The fourth-order valence-corrected chi connectivity index (χ4v) is 3.45. The quantitative estimate of drug-likeness (QED) is 0.643. The van der Waals surface area contributed by atoms with Gasteiger partial charge in [0.2, 0.25) is 11.8 Å². The van der Waals surface area contributed by atoms with Crippen LogP contribution in [0.15, 0.2) is 18.2 Å².